The lowest BCUT2D eigenvalue weighted by Gasteiger charge is -2.15. The van der Waals surface area contributed by atoms with Crippen molar-refractivity contribution in [1.82, 2.24) is 10.1 Å². The van der Waals surface area contributed by atoms with E-state index in [0.29, 0.717) is 29.6 Å². The largest absolute Gasteiger partial charge is 0.465 e. The van der Waals surface area contributed by atoms with Gasteiger partial charge in [-0.2, -0.15) is 0 Å². The van der Waals surface area contributed by atoms with E-state index in [-0.39, 0.29) is 11.9 Å². The molecule has 2 heterocycles. The van der Waals surface area contributed by atoms with E-state index in [4.69, 9.17) is 9.26 Å². The molecule has 1 saturated heterocycles. The van der Waals surface area contributed by atoms with Gasteiger partial charge in [0.15, 0.2) is 5.82 Å². The normalized spacial score (nSPS) is 17.2. The Morgan fingerprint density at radius 1 is 1.35 bits per heavy atom. The zero-order valence-corrected chi connectivity index (χ0v) is 15.0. The van der Waals surface area contributed by atoms with Gasteiger partial charge in [0, 0.05) is 12.6 Å². The third-order valence-electron chi connectivity index (χ3n) is 4.53. The molecule has 1 amide bonds. The number of methoxy groups -OCH3 is 1. The third kappa shape index (κ3) is 4.70. The molecular formula is C19H23N3O4. The molecule has 1 aromatic heterocycles. The van der Waals surface area contributed by atoms with Crippen LogP contribution in [0.15, 0.2) is 34.9 Å². The van der Waals surface area contributed by atoms with E-state index in [9.17, 15) is 9.59 Å². The fourth-order valence-corrected chi connectivity index (χ4v) is 3.26. The van der Waals surface area contributed by atoms with Crippen molar-refractivity contribution in [3.63, 3.8) is 0 Å². The number of carbonyl (C=O) groups is 2. The Labute approximate surface area is 152 Å². The average molecular weight is 357 g/mol. The number of hydrogen-bond acceptors (Lipinski definition) is 6. The second-order valence-electron chi connectivity index (χ2n) is 6.65. The van der Waals surface area contributed by atoms with Crippen molar-refractivity contribution < 1.29 is 18.8 Å². The number of esters is 1. The summed E-state index contributed by atoms with van der Waals surface area (Å²) in [7, 11) is 1.38. The first-order chi connectivity index (χ1) is 12.5. The van der Waals surface area contributed by atoms with Gasteiger partial charge < -0.3 is 14.6 Å². The highest BCUT2D eigenvalue weighted by Crippen LogP contribution is 2.21. The molecule has 0 spiro atoms. The SMILES string of the molecule is COC(=O)c1ccc(CC2CCN(CC(=O)Nc3cc(C)on3)C2)cc1. The lowest BCUT2D eigenvalue weighted by molar-refractivity contribution is -0.117. The smallest absolute Gasteiger partial charge is 0.337 e. The number of benzene rings is 1. The molecule has 0 bridgehead atoms. The molecule has 0 radical (unpaired) electrons. The lowest BCUT2D eigenvalue weighted by atomic mass is 9.98. The first-order valence-corrected chi connectivity index (χ1v) is 8.66. The Bertz CT molecular complexity index is 769. The number of aryl methyl sites for hydroxylation is 1. The molecule has 7 heteroatoms. The van der Waals surface area contributed by atoms with Crippen LogP contribution < -0.4 is 5.32 Å². The maximum atomic E-state index is 12.1. The monoisotopic (exact) mass is 357 g/mol. The zero-order valence-electron chi connectivity index (χ0n) is 15.0. The number of amides is 1. The van der Waals surface area contributed by atoms with E-state index in [0.717, 1.165) is 25.9 Å². The summed E-state index contributed by atoms with van der Waals surface area (Å²) >= 11 is 0. The molecule has 1 atom stereocenters. The van der Waals surface area contributed by atoms with Crippen LogP contribution in [-0.4, -0.2) is 48.7 Å². The van der Waals surface area contributed by atoms with Gasteiger partial charge in [0.25, 0.3) is 0 Å². The van der Waals surface area contributed by atoms with Gasteiger partial charge in [-0.05, 0) is 49.9 Å². The molecule has 1 fully saturated rings. The summed E-state index contributed by atoms with van der Waals surface area (Å²) < 4.78 is 9.65. The number of likely N-dealkylation sites (tertiary alicyclic amines) is 1. The fourth-order valence-electron chi connectivity index (χ4n) is 3.26. The molecule has 0 aliphatic carbocycles. The summed E-state index contributed by atoms with van der Waals surface area (Å²) in [6.45, 7) is 3.91. The Kier molecular flexibility index (Phi) is 5.68. The van der Waals surface area contributed by atoms with E-state index in [1.54, 1.807) is 25.1 Å². The summed E-state index contributed by atoms with van der Waals surface area (Å²) in [6, 6.07) is 9.22. The Morgan fingerprint density at radius 2 is 2.12 bits per heavy atom. The van der Waals surface area contributed by atoms with Crippen molar-refractivity contribution in [3.8, 4) is 0 Å². The van der Waals surface area contributed by atoms with Gasteiger partial charge in [0.1, 0.15) is 5.76 Å². The van der Waals surface area contributed by atoms with E-state index in [2.05, 4.69) is 15.4 Å². The van der Waals surface area contributed by atoms with Crippen molar-refractivity contribution in [2.45, 2.75) is 19.8 Å². The van der Waals surface area contributed by atoms with Crippen molar-refractivity contribution in [2.24, 2.45) is 5.92 Å². The van der Waals surface area contributed by atoms with Crippen LogP contribution in [0.5, 0.6) is 0 Å². The Hall–Kier alpha value is -2.67. The molecule has 1 aliphatic heterocycles. The number of anilines is 1. The van der Waals surface area contributed by atoms with Gasteiger partial charge in [0.2, 0.25) is 5.91 Å². The highest BCUT2D eigenvalue weighted by Gasteiger charge is 2.24. The predicted octanol–water partition coefficient (Wildman–Crippen LogP) is 2.27. The number of carbonyl (C=O) groups excluding carboxylic acids is 2. The van der Waals surface area contributed by atoms with E-state index in [1.807, 2.05) is 12.1 Å². The minimum Gasteiger partial charge on any atom is -0.465 e. The number of nitrogens with zero attached hydrogens (tertiary/aromatic N) is 2. The fraction of sp³-hybridized carbons (Fsp3) is 0.421. The number of ether oxygens (including phenoxy) is 1. The molecule has 1 N–H and O–H groups in total. The summed E-state index contributed by atoms with van der Waals surface area (Å²) in [6.07, 6.45) is 1.98. The van der Waals surface area contributed by atoms with Crippen LogP contribution >= 0.6 is 0 Å². The van der Waals surface area contributed by atoms with Crippen LogP contribution in [0.25, 0.3) is 0 Å². The number of rotatable bonds is 6. The standard InChI is InChI=1S/C19H23N3O4/c1-13-9-17(21-26-13)20-18(23)12-22-8-7-15(11-22)10-14-3-5-16(6-4-14)19(24)25-2/h3-6,9,15H,7-8,10-12H2,1-2H3,(H,20,21,23). The van der Waals surface area contributed by atoms with Gasteiger partial charge >= 0.3 is 5.97 Å². The molecule has 1 aliphatic rings. The van der Waals surface area contributed by atoms with Gasteiger partial charge in [-0.1, -0.05) is 17.3 Å². The third-order valence-corrected chi connectivity index (χ3v) is 4.53. The summed E-state index contributed by atoms with van der Waals surface area (Å²) in [5, 5.41) is 6.52. The van der Waals surface area contributed by atoms with Crippen molar-refractivity contribution in [2.75, 3.05) is 32.1 Å². The topological polar surface area (TPSA) is 84.7 Å². The molecule has 138 valence electrons. The van der Waals surface area contributed by atoms with E-state index < -0.39 is 0 Å². The van der Waals surface area contributed by atoms with Crippen LogP contribution in [0.1, 0.15) is 28.1 Å². The number of aromatic nitrogens is 1. The molecule has 26 heavy (non-hydrogen) atoms. The second kappa shape index (κ2) is 8.14. The minimum absolute atomic E-state index is 0.0821. The minimum atomic E-state index is -0.322. The quantitative estimate of drug-likeness (QED) is 0.799. The van der Waals surface area contributed by atoms with Gasteiger partial charge in [-0.25, -0.2) is 4.79 Å². The van der Waals surface area contributed by atoms with Crippen molar-refractivity contribution in [3.05, 3.63) is 47.2 Å². The summed E-state index contributed by atoms with van der Waals surface area (Å²) in [5.41, 5.74) is 1.75. The first kappa shape index (κ1) is 18.1. The molecule has 1 aromatic carbocycles. The highest BCUT2D eigenvalue weighted by atomic mass is 16.5. The van der Waals surface area contributed by atoms with Crippen molar-refractivity contribution >= 4 is 17.7 Å². The highest BCUT2D eigenvalue weighted by molar-refractivity contribution is 5.91. The first-order valence-electron chi connectivity index (χ1n) is 8.66. The molecular weight excluding hydrogens is 334 g/mol. The Balaban J connectivity index is 1.46. The molecule has 3 rings (SSSR count). The molecule has 7 nitrogen and oxygen atoms in total. The summed E-state index contributed by atoms with van der Waals surface area (Å²) in [5.74, 6) is 1.22. The second-order valence-corrected chi connectivity index (χ2v) is 6.65. The van der Waals surface area contributed by atoms with Gasteiger partial charge in [-0.3, -0.25) is 9.69 Å². The van der Waals surface area contributed by atoms with Crippen LogP contribution in [0, 0.1) is 12.8 Å². The predicted molar refractivity (Wildman–Crippen MR) is 95.9 cm³/mol. The molecule has 2 aromatic rings. The van der Waals surface area contributed by atoms with Crippen LogP contribution in [0.3, 0.4) is 0 Å². The molecule has 1 unspecified atom stereocenters. The maximum absolute atomic E-state index is 12.1. The summed E-state index contributed by atoms with van der Waals surface area (Å²) in [4.78, 5) is 25.7. The van der Waals surface area contributed by atoms with Crippen LogP contribution in [-0.2, 0) is 16.0 Å². The van der Waals surface area contributed by atoms with Gasteiger partial charge in [0.05, 0.1) is 19.2 Å². The lowest BCUT2D eigenvalue weighted by Crippen LogP contribution is -2.31. The van der Waals surface area contributed by atoms with Crippen LogP contribution in [0.2, 0.25) is 0 Å². The number of hydrogen-bond donors (Lipinski definition) is 1. The molecule has 0 saturated carbocycles. The van der Waals surface area contributed by atoms with Crippen LogP contribution in [0.4, 0.5) is 5.82 Å². The zero-order chi connectivity index (χ0) is 18.5. The van der Waals surface area contributed by atoms with E-state index >= 15 is 0 Å². The average Bonchev–Trinajstić information content (AvgIpc) is 3.23. The van der Waals surface area contributed by atoms with Gasteiger partial charge in [-0.15, -0.1) is 0 Å². The van der Waals surface area contributed by atoms with E-state index in [1.165, 1.54) is 12.7 Å². The number of nitrogens with one attached hydrogen (secondary N) is 1. The maximum Gasteiger partial charge on any atom is 0.337 e. The van der Waals surface area contributed by atoms with Crippen molar-refractivity contribution in [1.29, 1.82) is 0 Å². The Morgan fingerprint density at radius 3 is 2.77 bits per heavy atom.